The molecule has 1 N–H and O–H groups in total. The Balaban J connectivity index is 1.46. The second-order valence-corrected chi connectivity index (χ2v) is 6.65. The van der Waals surface area contributed by atoms with Crippen molar-refractivity contribution in [2.75, 3.05) is 25.1 Å². The lowest BCUT2D eigenvalue weighted by molar-refractivity contribution is 0.161. The van der Waals surface area contributed by atoms with E-state index in [1.54, 1.807) is 12.4 Å². The van der Waals surface area contributed by atoms with Gasteiger partial charge in [-0.1, -0.05) is 6.08 Å². The van der Waals surface area contributed by atoms with E-state index in [2.05, 4.69) is 21.4 Å². The predicted molar refractivity (Wildman–Crippen MR) is 99.3 cm³/mol. The van der Waals surface area contributed by atoms with Gasteiger partial charge in [-0.3, -0.25) is 4.40 Å². The lowest BCUT2D eigenvalue weighted by Gasteiger charge is -2.16. The van der Waals surface area contributed by atoms with E-state index < -0.39 is 0 Å². The quantitative estimate of drug-likeness (QED) is 0.768. The number of rotatable bonds is 4. The molecule has 0 saturated carbocycles. The summed E-state index contributed by atoms with van der Waals surface area (Å²) in [5.41, 5.74) is 4.82. The van der Waals surface area contributed by atoms with Gasteiger partial charge in [-0.2, -0.15) is 0 Å². The minimum Gasteiger partial charge on any atom is -0.493 e. The van der Waals surface area contributed by atoms with E-state index in [1.807, 2.05) is 16.8 Å². The summed E-state index contributed by atoms with van der Waals surface area (Å²) in [6, 6.07) is 3.16. The molecule has 138 valence electrons. The van der Waals surface area contributed by atoms with Gasteiger partial charge in [0.05, 0.1) is 31.5 Å². The Kier molecular flexibility index (Phi) is 4.01. The number of aromatic nitrogens is 3. The topological polar surface area (TPSA) is 60.7 Å². The minimum absolute atomic E-state index is 0.224. The molecular weight excluding hydrogens is 347 g/mol. The van der Waals surface area contributed by atoms with Crippen molar-refractivity contribution in [2.45, 2.75) is 19.4 Å². The maximum atomic E-state index is 14.4. The number of nitrogens with zero attached hydrogens (tertiary/aromatic N) is 3. The molecule has 4 heterocycles. The molecule has 1 aromatic carbocycles. The van der Waals surface area contributed by atoms with Gasteiger partial charge in [0.2, 0.25) is 5.95 Å². The van der Waals surface area contributed by atoms with Crippen molar-refractivity contribution in [3.63, 3.8) is 0 Å². The number of hydrogen-bond donors (Lipinski definition) is 1. The summed E-state index contributed by atoms with van der Waals surface area (Å²) in [5, 5.41) is 3.26. The van der Waals surface area contributed by atoms with E-state index in [0.717, 1.165) is 35.2 Å². The third kappa shape index (κ3) is 2.84. The number of hydrogen-bond acceptors (Lipinski definition) is 5. The van der Waals surface area contributed by atoms with Crippen LogP contribution in [0.25, 0.3) is 11.1 Å². The van der Waals surface area contributed by atoms with E-state index >= 15 is 0 Å². The number of ether oxygens (including phenoxy) is 2. The third-order valence-corrected chi connectivity index (χ3v) is 5.13. The first-order chi connectivity index (χ1) is 13.3. The SMILES string of the molecule is Fc1ccc2c(c1CNc1ncc(C3=CCOCC3)c3cncn13)CCO2. The van der Waals surface area contributed by atoms with E-state index in [-0.39, 0.29) is 5.82 Å². The second kappa shape index (κ2) is 6.66. The van der Waals surface area contributed by atoms with E-state index in [9.17, 15) is 4.39 Å². The highest BCUT2D eigenvalue weighted by molar-refractivity contribution is 5.78. The van der Waals surface area contributed by atoms with Crippen LogP contribution >= 0.6 is 0 Å². The van der Waals surface area contributed by atoms with Crippen LogP contribution in [0.1, 0.15) is 23.1 Å². The Morgan fingerprint density at radius 2 is 2.15 bits per heavy atom. The molecule has 3 aromatic rings. The van der Waals surface area contributed by atoms with Crippen molar-refractivity contribution in [3.05, 3.63) is 59.4 Å². The van der Waals surface area contributed by atoms with Crippen LogP contribution in [0, 0.1) is 5.82 Å². The maximum Gasteiger partial charge on any atom is 0.208 e. The molecule has 0 bridgehead atoms. The van der Waals surface area contributed by atoms with Gasteiger partial charge in [0.25, 0.3) is 0 Å². The fourth-order valence-corrected chi connectivity index (χ4v) is 3.74. The van der Waals surface area contributed by atoms with Crippen LogP contribution in [-0.2, 0) is 17.7 Å². The summed E-state index contributed by atoms with van der Waals surface area (Å²) < 4.78 is 27.2. The molecule has 0 amide bonds. The van der Waals surface area contributed by atoms with Crippen molar-refractivity contribution in [3.8, 4) is 5.75 Å². The minimum atomic E-state index is -0.224. The molecular formula is C20H19FN4O2. The van der Waals surface area contributed by atoms with Crippen LogP contribution in [0.4, 0.5) is 10.3 Å². The Hall–Kier alpha value is -2.93. The van der Waals surface area contributed by atoms with Gasteiger partial charge in [-0.05, 0) is 24.1 Å². The molecule has 2 aliphatic rings. The summed E-state index contributed by atoms with van der Waals surface area (Å²) >= 11 is 0. The highest BCUT2D eigenvalue weighted by atomic mass is 19.1. The third-order valence-electron chi connectivity index (χ3n) is 5.13. The Bertz CT molecular complexity index is 1040. The number of anilines is 1. The summed E-state index contributed by atoms with van der Waals surface area (Å²) in [6.07, 6.45) is 9.08. The maximum absolute atomic E-state index is 14.4. The molecule has 27 heavy (non-hydrogen) atoms. The molecule has 2 aromatic heterocycles. The highest BCUT2D eigenvalue weighted by Gasteiger charge is 2.20. The first kappa shape index (κ1) is 16.3. The normalized spacial score (nSPS) is 16.1. The van der Waals surface area contributed by atoms with Gasteiger partial charge in [-0.15, -0.1) is 0 Å². The largest absolute Gasteiger partial charge is 0.493 e. The lowest BCUT2D eigenvalue weighted by Crippen LogP contribution is -2.11. The van der Waals surface area contributed by atoms with Crippen LogP contribution < -0.4 is 10.1 Å². The lowest BCUT2D eigenvalue weighted by atomic mass is 10.0. The van der Waals surface area contributed by atoms with Gasteiger partial charge in [0.1, 0.15) is 17.9 Å². The van der Waals surface area contributed by atoms with Crippen LogP contribution in [0.15, 0.2) is 36.9 Å². The summed E-state index contributed by atoms with van der Waals surface area (Å²) in [5.74, 6) is 1.18. The van der Waals surface area contributed by atoms with Crippen molar-refractivity contribution in [1.82, 2.24) is 14.4 Å². The fourth-order valence-electron chi connectivity index (χ4n) is 3.74. The van der Waals surface area contributed by atoms with Crippen molar-refractivity contribution < 1.29 is 13.9 Å². The molecule has 0 saturated heterocycles. The summed E-state index contributed by atoms with van der Waals surface area (Å²) in [4.78, 5) is 8.85. The van der Waals surface area contributed by atoms with Crippen LogP contribution in [0.3, 0.4) is 0 Å². The molecule has 5 rings (SSSR count). The van der Waals surface area contributed by atoms with E-state index in [0.29, 0.717) is 37.9 Å². The van der Waals surface area contributed by atoms with Gasteiger partial charge in [0, 0.05) is 35.9 Å². The summed E-state index contributed by atoms with van der Waals surface area (Å²) in [7, 11) is 0. The number of benzene rings is 1. The smallest absolute Gasteiger partial charge is 0.208 e. The van der Waals surface area contributed by atoms with Crippen molar-refractivity contribution >= 4 is 17.0 Å². The Labute approximate surface area is 155 Å². The van der Waals surface area contributed by atoms with E-state index in [1.165, 1.54) is 11.6 Å². The van der Waals surface area contributed by atoms with Crippen molar-refractivity contribution in [1.29, 1.82) is 0 Å². The van der Waals surface area contributed by atoms with Gasteiger partial charge in [0.15, 0.2) is 0 Å². The number of fused-ring (bicyclic) bond motifs is 2. The first-order valence-corrected chi connectivity index (χ1v) is 9.06. The van der Waals surface area contributed by atoms with Gasteiger partial charge in [-0.25, -0.2) is 14.4 Å². The molecule has 2 aliphatic heterocycles. The standard InChI is InChI=1S/C20H19FN4O2/c21-17-1-2-19-14(5-8-27-19)16(17)10-24-20-23-9-15(13-3-6-26-7-4-13)18-11-22-12-25(18)20/h1-3,9,11-12H,4-8,10H2,(H,23,24). The average Bonchev–Trinajstić information content (AvgIpc) is 3.37. The average molecular weight is 366 g/mol. The Morgan fingerprint density at radius 1 is 1.19 bits per heavy atom. The van der Waals surface area contributed by atoms with Gasteiger partial charge >= 0.3 is 0 Å². The van der Waals surface area contributed by atoms with Crippen LogP contribution in [-0.4, -0.2) is 34.2 Å². The number of imidazole rings is 1. The molecule has 7 heteroatoms. The van der Waals surface area contributed by atoms with Crippen LogP contribution in [0.5, 0.6) is 5.75 Å². The molecule has 0 aliphatic carbocycles. The fraction of sp³-hybridized carbons (Fsp3) is 0.300. The van der Waals surface area contributed by atoms with Crippen LogP contribution in [0.2, 0.25) is 0 Å². The highest BCUT2D eigenvalue weighted by Crippen LogP contribution is 2.31. The molecule has 0 fully saturated rings. The zero-order chi connectivity index (χ0) is 18.2. The Morgan fingerprint density at radius 3 is 3.04 bits per heavy atom. The second-order valence-electron chi connectivity index (χ2n) is 6.65. The number of nitrogens with one attached hydrogen (secondary N) is 1. The zero-order valence-electron chi connectivity index (χ0n) is 14.7. The first-order valence-electron chi connectivity index (χ1n) is 9.06. The molecule has 0 radical (unpaired) electrons. The summed E-state index contributed by atoms with van der Waals surface area (Å²) in [6.45, 7) is 2.28. The predicted octanol–water partition coefficient (Wildman–Crippen LogP) is 3.22. The van der Waals surface area contributed by atoms with E-state index in [4.69, 9.17) is 9.47 Å². The zero-order valence-corrected chi connectivity index (χ0v) is 14.7. The molecule has 0 atom stereocenters. The van der Waals surface area contributed by atoms with Crippen molar-refractivity contribution in [2.24, 2.45) is 0 Å². The molecule has 6 nitrogen and oxygen atoms in total. The number of halogens is 1. The molecule has 0 spiro atoms. The molecule has 0 unspecified atom stereocenters. The monoisotopic (exact) mass is 366 g/mol. The van der Waals surface area contributed by atoms with Gasteiger partial charge < -0.3 is 14.8 Å².